The lowest BCUT2D eigenvalue weighted by Gasteiger charge is -2.22. The Hall–Kier alpha value is -1.50. The first-order chi connectivity index (χ1) is 10.8. The number of carbonyl (C=O) groups is 1. The molecule has 2 saturated heterocycles. The number of amides is 1. The normalized spacial score (nSPS) is 27.1. The van der Waals surface area contributed by atoms with Gasteiger partial charge in [0.05, 0.1) is 50.7 Å². The lowest BCUT2D eigenvalue weighted by Crippen LogP contribution is -2.38. The van der Waals surface area contributed by atoms with Crippen molar-refractivity contribution in [3.8, 4) is 0 Å². The van der Waals surface area contributed by atoms with E-state index in [2.05, 4.69) is 4.98 Å². The average molecular weight is 306 g/mol. The molecule has 1 amide bonds. The molecule has 0 unspecified atom stereocenters. The van der Waals surface area contributed by atoms with Gasteiger partial charge in [-0.2, -0.15) is 0 Å². The summed E-state index contributed by atoms with van der Waals surface area (Å²) in [6, 6.07) is 5.91. The summed E-state index contributed by atoms with van der Waals surface area (Å²) in [5.74, 6) is 0.376. The zero-order valence-corrected chi connectivity index (χ0v) is 12.8. The van der Waals surface area contributed by atoms with Crippen LogP contribution in [0.4, 0.5) is 0 Å². The third-order valence-corrected chi connectivity index (χ3v) is 4.36. The van der Waals surface area contributed by atoms with Gasteiger partial charge in [0, 0.05) is 25.8 Å². The fraction of sp³-hybridized carbons (Fsp3) is 0.625. The largest absolute Gasteiger partial charge is 0.384 e. The van der Waals surface area contributed by atoms with E-state index >= 15 is 0 Å². The standard InChI is InChI=1S/C16H22N2O4/c1-20-7-5-16(19)18-8-15(13-10-21-11-14(13)18)22-9-12-4-2-3-6-17-12/h2-4,6,13-15H,5,7-11H2,1H3/t13-,14+,15-/m1/s1. The summed E-state index contributed by atoms with van der Waals surface area (Å²) in [5.41, 5.74) is 0.905. The SMILES string of the molecule is COCCC(=O)N1C[C@@H](OCc2ccccn2)[C@@H]2COC[C@@H]21. The molecule has 1 aromatic heterocycles. The van der Waals surface area contributed by atoms with Crippen LogP contribution in [0, 0.1) is 5.92 Å². The van der Waals surface area contributed by atoms with Gasteiger partial charge in [-0.25, -0.2) is 0 Å². The molecule has 120 valence electrons. The summed E-state index contributed by atoms with van der Waals surface area (Å²) >= 11 is 0. The molecule has 1 aromatic rings. The molecular formula is C16H22N2O4. The lowest BCUT2D eigenvalue weighted by molar-refractivity contribution is -0.133. The van der Waals surface area contributed by atoms with E-state index < -0.39 is 0 Å². The van der Waals surface area contributed by atoms with Crippen molar-refractivity contribution in [2.24, 2.45) is 5.92 Å². The van der Waals surface area contributed by atoms with Gasteiger partial charge in [0.15, 0.2) is 0 Å². The van der Waals surface area contributed by atoms with Gasteiger partial charge in [0.25, 0.3) is 0 Å². The summed E-state index contributed by atoms with van der Waals surface area (Å²) in [6.45, 7) is 2.81. The number of fused-ring (bicyclic) bond motifs is 1. The highest BCUT2D eigenvalue weighted by molar-refractivity contribution is 5.77. The summed E-state index contributed by atoms with van der Waals surface area (Å²) in [4.78, 5) is 18.5. The number of rotatable bonds is 6. The highest BCUT2D eigenvalue weighted by Gasteiger charge is 2.47. The number of carbonyl (C=O) groups excluding carboxylic acids is 1. The molecule has 0 saturated carbocycles. The van der Waals surface area contributed by atoms with Gasteiger partial charge >= 0.3 is 0 Å². The van der Waals surface area contributed by atoms with Gasteiger partial charge in [-0.15, -0.1) is 0 Å². The molecule has 0 aliphatic carbocycles. The van der Waals surface area contributed by atoms with E-state index in [0.717, 1.165) is 5.69 Å². The van der Waals surface area contributed by atoms with Crippen LogP contribution in [-0.4, -0.2) is 61.4 Å². The Morgan fingerprint density at radius 2 is 2.36 bits per heavy atom. The van der Waals surface area contributed by atoms with Crippen LogP contribution in [0.5, 0.6) is 0 Å². The number of aromatic nitrogens is 1. The van der Waals surface area contributed by atoms with E-state index in [-0.39, 0.29) is 24.0 Å². The quantitative estimate of drug-likeness (QED) is 0.780. The van der Waals surface area contributed by atoms with Gasteiger partial charge in [0.1, 0.15) is 0 Å². The third-order valence-electron chi connectivity index (χ3n) is 4.36. The molecule has 22 heavy (non-hydrogen) atoms. The van der Waals surface area contributed by atoms with Crippen molar-refractivity contribution in [2.45, 2.75) is 25.2 Å². The molecule has 2 aliphatic rings. The van der Waals surface area contributed by atoms with Gasteiger partial charge in [-0.1, -0.05) is 6.07 Å². The van der Waals surface area contributed by atoms with Crippen LogP contribution in [0.2, 0.25) is 0 Å². The van der Waals surface area contributed by atoms with E-state index in [9.17, 15) is 4.79 Å². The first-order valence-corrected chi connectivity index (χ1v) is 7.67. The Morgan fingerprint density at radius 1 is 1.45 bits per heavy atom. The zero-order chi connectivity index (χ0) is 15.4. The van der Waals surface area contributed by atoms with Gasteiger partial charge in [-0.05, 0) is 12.1 Å². The molecule has 0 bridgehead atoms. The van der Waals surface area contributed by atoms with E-state index in [1.807, 2.05) is 23.1 Å². The van der Waals surface area contributed by atoms with E-state index in [4.69, 9.17) is 14.2 Å². The fourth-order valence-electron chi connectivity index (χ4n) is 3.17. The van der Waals surface area contributed by atoms with Crippen LogP contribution in [0.25, 0.3) is 0 Å². The second-order valence-corrected chi connectivity index (χ2v) is 5.73. The minimum absolute atomic E-state index is 0.0148. The highest BCUT2D eigenvalue weighted by atomic mass is 16.5. The molecule has 0 radical (unpaired) electrons. The van der Waals surface area contributed by atoms with Crippen molar-refractivity contribution in [1.82, 2.24) is 9.88 Å². The van der Waals surface area contributed by atoms with Crippen molar-refractivity contribution in [2.75, 3.05) is 33.5 Å². The molecule has 0 spiro atoms. The molecule has 6 heteroatoms. The fourth-order valence-corrected chi connectivity index (χ4v) is 3.17. The Bertz CT molecular complexity index is 496. The molecule has 2 fully saturated rings. The maximum Gasteiger partial charge on any atom is 0.225 e. The van der Waals surface area contributed by atoms with E-state index in [0.29, 0.717) is 39.4 Å². The van der Waals surface area contributed by atoms with Crippen LogP contribution >= 0.6 is 0 Å². The molecule has 3 atom stereocenters. The van der Waals surface area contributed by atoms with Crippen LogP contribution in [-0.2, 0) is 25.6 Å². The molecule has 3 rings (SSSR count). The number of likely N-dealkylation sites (tertiary alicyclic amines) is 1. The summed E-state index contributed by atoms with van der Waals surface area (Å²) < 4.78 is 16.6. The molecule has 3 heterocycles. The van der Waals surface area contributed by atoms with Crippen molar-refractivity contribution in [1.29, 1.82) is 0 Å². The average Bonchev–Trinajstić information content (AvgIpc) is 3.14. The molecular weight excluding hydrogens is 284 g/mol. The van der Waals surface area contributed by atoms with E-state index in [1.165, 1.54) is 0 Å². The zero-order valence-electron chi connectivity index (χ0n) is 12.8. The van der Waals surface area contributed by atoms with Crippen LogP contribution in [0.1, 0.15) is 12.1 Å². The first-order valence-electron chi connectivity index (χ1n) is 7.67. The predicted molar refractivity (Wildman–Crippen MR) is 79.1 cm³/mol. The Morgan fingerprint density at radius 3 is 3.14 bits per heavy atom. The smallest absolute Gasteiger partial charge is 0.225 e. The lowest BCUT2D eigenvalue weighted by atomic mass is 10.0. The second-order valence-electron chi connectivity index (χ2n) is 5.73. The van der Waals surface area contributed by atoms with Crippen molar-refractivity contribution in [3.63, 3.8) is 0 Å². The van der Waals surface area contributed by atoms with Gasteiger partial charge in [0.2, 0.25) is 5.91 Å². The number of pyridine rings is 1. The van der Waals surface area contributed by atoms with Crippen LogP contribution < -0.4 is 0 Å². The molecule has 0 N–H and O–H groups in total. The van der Waals surface area contributed by atoms with Crippen molar-refractivity contribution < 1.29 is 19.0 Å². The predicted octanol–water partition coefficient (Wildman–Crippen LogP) is 0.860. The minimum Gasteiger partial charge on any atom is -0.384 e. The van der Waals surface area contributed by atoms with Crippen LogP contribution in [0.3, 0.4) is 0 Å². The van der Waals surface area contributed by atoms with Crippen molar-refractivity contribution >= 4 is 5.91 Å². The molecule has 2 aliphatic heterocycles. The monoisotopic (exact) mass is 306 g/mol. The highest BCUT2D eigenvalue weighted by Crippen LogP contribution is 2.32. The number of hydrogen-bond donors (Lipinski definition) is 0. The van der Waals surface area contributed by atoms with Gasteiger partial charge in [-0.3, -0.25) is 9.78 Å². The number of ether oxygens (including phenoxy) is 3. The van der Waals surface area contributed by atoms with E-state index in [1.54, 1.807) is 13.3 Å². The first kappa shape index (κ1) is 15.4. The maximum atomic E-state index is 12.3. The number of methoxy groups -OCH3 is 1. The maximum absolute atomic E-state index is 12.3. The Kier molecular flexibility index (Phi) is 5.02. The number of nitrogens with zero attached hydrogens (tertiary/aromatic N) is 2. The summed E-state index contributed by atoms with van der Waals surface area (Å²) in [6.07, 6.45) is 2.18. The number of hydrogen-bond acceptors (Lipinski definition) is 5. The van der Waals surface area contributed by atoms with Gasteiger partial charge < -0.3 is 19.1 Å². The van der Waals surface area contributed by atoms with Crippen molar-refractivity contribution in [3.05, 3.63) is 30.1 Å². The topological polar surface area (TPSA) is 60.9 Å². The summed E-state index contributed by atoms with van der Waals surface area (Å²) in [7, 11) is 1.61. The summed E-state index contributed by atoms with van der Waals surface area (Å²) in [5, 5.41) is 0. The molecule has 6 nitrogen and oxygen atoms in total. The second kappa shape index (κ2) is 7.17. The molecule has 0 aromatic carbocycles. The Balaban J connectivity index is 1.59. The minimum atomic E-state index is 0.0148. The van der Waals surface area contributed by atoms with Crippen LogP contribution in [0.15, 0.2) is 24.4 Å². The Labute approximate surface area is 130 Å². The third kappa shape index (κ3) is 3.29.